The predicted molar refractivity (Wildman–Crippen MR) is 69.7 cm³/mol. The first-order valence-corrected chi connectivity index (χ1v) is 6.22. The molecule has 1 aromatic carbocycles. The Bertz CT molecular complexity index is 486. The summed E-state index contributed by atoms with van der Waals surface area (Å²) in [5, 5.41) is 0.715. The first-order chi connectivity index (χ1) is 8.26. The topological polar surface area (TPSA) is 8.17 Å². The van der Waals surface area contributed by atoms with Crippen molar-refractivity contribution in [3.05, 3.63) is 36.3 Å². The van der Waals surface area contributed by atoms with Crippen LogP contribution in [0, 0.1) is 5.82 Å². The Hall–Kier alpha value is -1.35. The summed E-state index contributed by atoms with van der Waals surface area (Å²) in [4.78, 5) is 2.37. The van der Waals surface area contributed by atoms with Crippen molar-refractivity contribution in [3.63, 3.8) is 0 Å². The van der Waals surface area contributed by atoms with Crippen molar-refractivity contribution in [2.75, 3.05) is 19.6 Å². The molecule has 0 spiro atoms. The molecule has 0 N–H and O–H groups in total. The van der Waals surface area contributed by atoms with E-state index < -0.39 is 0 Å². The molecule has 0 aliphatic carbocycles. The molecule has 0 saturated heterocycles. The molecule has 3 heteroatoms. The van der Waals surface area contributed by atoms with Crippen LogP contribution in [0.2, 0.25) is 0 Å². The van der Waals surface area contributed by atoms with Gasteiger partial charge in [-0.15, -0.1) is 0 Å². The minimum atomic E-state index is -0.135. The third kappa shape index (κ3) is 2.50. The molecule has 92 valence electrons. The fraction of sp³-hybridized carbons (Fsp3) is 0.429. The Morgan fingerprint density at radius 3 is 2.65 bits per heavy atom. The Morgan fingerprint density at radius 2 is 1.94 bits per heavy atom. The van der Waals surface area contributed by atoms with Crippen LogP contribution >= 0.6 is 0 Å². The minimum absolute atomic E-state index is 0.135. The predicted octanol–water partition coefficient (Wildman–Crippen LogP) is 3.12. The van der Waals surface area contributed by atoms with E-state index in [0.717, 1.165) is 31.7 Å². The fourth-order valence-corrected chi connectivity index (χ4v) is 2.17. The van der Waals surface area contributed by atoms with Gasteiger partial charge in [0.05, 0.1) is 5.52 Å². The molecule has 0 saturated carbocycles. The van der Waals surface area contributed by atoms with Gasteiger partial charge in [0.2, 0.25) is 0 Å². The Labute approximate surface area is 102 Å². The largest absolute Gasteiger partial charge is 0.346 e. The summed E-state index contributed by atoms with van der Waals surface area (Å²) in [7, 11) is 0. The highest BCUT2D eigenvalue weighted by Crippen LogP contribution is 2.18. The average Bonchev–Trinajstić information content (AvgIpc) is 2.75. The van der Waals surface area contributed by atoms with Gasteiger partial charge in [-0.3, -0.25) is 0 Å². The van der Waals surface area contributed by atoms with Gasteiger partial charge in [-0.05, 0) is 31.3 Å². The van der Waals surface area contributed by atoms with E-state index in [4.69, 9.17) is 0 Å². The molecule has 2 nitrogen and oxygen atoms in total. The van der Waals surface area contributed by atoms with Gasteiger partial charge >= 0.3 is 0 Å². The molecule has 0 aliphatic heterocycles. The first-order valence-electron chi connectivity index (χ1n) is 6.22. The zero-order valence-electron chi connectivity index (χ0n) is 10.5. The zero-order valence-corrected chi connectivity index (χ0v) is 10.5. The van der Waals surface area contributed by atoms with E-state index in [2.05, 4.69) is 23.3 Å². The number of likely N-dealkylation sites (N-methyl/N-ethyl adjacent to an activating group) is 1. The van der Waals surface area contributed by atoms with E-state index in [-0.39, 0.29) is 5.82 Å². The Balaban J connectivity index is 2.17. The van der Waals surface area contributed by atoms with Gasteiger partial charge in [0, 0.05) is 24.7 Å². The fourth-order valence-electron chi connectivity index (χ4n) is 2.17. The van der Waals surface area contributed by atoms with Crippen LogP contribution in [0.15, 0.2) is 30.5 Å². The third-order valence-electron chi connectivity index (χ3n) is 3.31. The van der Waals surface area contributed by atoms with Gasteiger partial charge in [-0.1, -0.05) is 19.9 Å². The summed E-state index contributed by atoms with van der Waals surface area (Å²) in [6.07, 6.45) is 1.97. The number of rotatable bonds is 5. The number of halogens is 1. The zero-order chi connectivity index (χ0) is 12.3. The second-order valence-corrected chi connectivity index (χ2v) is 4.21. The molecular weight excluding hydrogens is 215 g/mol. The molecule has 0 radical (unpaired) electrons. The van der Waals surface area contributed by atoms with E-state index >= 15 is 0 Å². The summed E-state index contributed by atoms with van der Waals surface area (Å²) in [6, 6.07) is 7.11. The van der Waals surface area contributed by atoms with E-state index in [1.807, 2.05) is 18.3 Å². The summed E-state index contributed by atoms with van der Waals surface area (Å²) in [5.74, 6) is -0.135. The van der Waals surface area contributed by atoms with Crippen molar-refractivity contribution >= 4 is 10.9 Å². The van der Waals surface area contributed by atoms with E-state index in [1.165, 1.54) is 6.07 Å². The SMILES string of the molecule is CCN(CC)CCn1ccc2c(F)cccc21. The van der Waals surface area contributed by atoms with Crippen LogP contribution in [0.3, 0.4) is 0 Å². The van der Waals surface area contributed by atoms with Crippen molar-refractivity contribution in [1.82, 2.24) is 9.47 Å². The molecular formula is C14H19FN2. The summed E-state index contributed by atoms with van der Waals surface area (Å²) >= 11 is 0. The lowest BCUT2D eigenvalue weighted by Gasteiger charge is -2.18. The second-order valence-electron chi connectivity index (χ2n) is 4.21. The number of hydrogen-bond acceptors (Lipinski definition) is 1. The lowest BCUT2D eigenvalue weighted by molar-refractivity contribution is 0.292. The van der Waals surface area contributed by atoms with Crippen molar-refractivity contribution in [2.45, 2.75) is 20.4 Å². The molecule has 0 amide bonds. The maximum Gasteiger partial charge on any atom is 0.132 e. The molecule has 0 unspecified atom stereocenters. The highest BCUT2D eigenvalue weighted by Gasteiger charge is 2.05. The lowest BCUT2D eigenvalue weighted by Crippen LogP contribution is -2.26. The van der Waals surface area contributed by atoms with Gasteiger partial charge in [0.25, 0.3) is 0 Å². The molecule has 17 heavy (non-hydrogen) atoms. The second kappa shape index (κ2) is 5.32. The van der Waals surface area contributed by atoms with Crippen LogP contribution in [0.5, 0.6) is 0 Å². The van der Waals surface area contributed by atoms with Gasteiger partial charge in [0.15, 0.2) is 0 Å². The molecule has 0 aliphatic rings. The molecule has 0 atom stereocenters. The Kier molecular flexibility index (Phi) is 3.79. The van der Waals surface area contributed by atoms with Gasteiger partial charge in [-0.2, -0.15) is 0 Å². The molecule has 0 fully saturated rings. The van der Waals surface area contributed by atoms with Crippen LogP contribution in [-0.4, -0.2) is 29.1 Å². The molecule has 1 heterocycles. The minimum Gasteiger partial charge on any atom is -0.346 e. The smallest absolute Gasteiger partial charge is 0.132 e. The number of benzene rings is 1. The average molecular weight is 234 g/mol. The van der Waals surface area contributed by atoms with Crippen molar-refractivity contribution in [1.29, 1.82) is 0 Å². The van der Waals surface area contributed by atoms with Crippen LogP contribution in [0.4, 0.5) is 4.39 Å². The summed E-state index contributed by atoms with van der Waals surface area (Å²) in [5.41, 5.74) is 0.983. The number of fused-ring (bicyclic) bond motifs is 1. The lowest BCUT2D eigenvalue weighted by atomic mass is 10.2. The van der Waals surface area contributed by atoms with Crippen molar-refractivity contribution in [3.8, 4) is 0 Å². The highest BCUT2D eigenvalue weighted by molar-refractivity contribution is 5.80. The molecule has 2 rings (SSSR count). The standard InChI is InChI=1S/C14H19FN2/c1-3-16(4-2)10-11-17-9-8-12-13(15)6-5-7-14(12)17/h5-9H,3-4,10-11H2,1-2H3. The van der Waals surface area contributed by atoms with Gasteiger partial charge in [-0.25, -0.2) is 4.39 Å². The van der Waals surface area contributed by atoms with Crippen molar-refractivity contribution < 1.29 is 4.39 Å². The van der Waals surface area contributed by atoms with Gasteiger partial charge in [0.1, 0.15) is 5.82 Å². The number of hydrogen-bond donors (Lipinski definition) is 0. The van der Waals surface area contributed by atoms with Crippen LogP contribution in [-0.2, 0) is 6.54 Å². The number of aromatic nitrogens is 1. The Morgan fingerprint density at radius 1 is 1.18 bits per heavy atom. The summed E-state index contributed by atoms with van der Waals surface area (Å²) < 4.78 is 15.6. The van der Waals surface area contributed by atoms with Crippen LogP contribution < -0.4 is 0 Å². The quantitative estimate of drug-likeness (QED) is 0.771. The molecule has 0 bridgehead atoms. The van der Waals surface area contributed by atoms with Crippen LogP contribution in [0.1, 0.15) is 13.8 Å². The van der Waals surface area contributed by atoms with E-state index in [9.17, 15) is 4.39 Å². The maximum atomic E-state index is 13.5. The third-order valence-corrected chi connectivity index (χ3v) is 3.31. The molecule has 1 aromatic heterocycles. The van der Waals surface area contributed by atoms with Crippen LogP contribution in [0.25, 0.3) is 10.9 Å². The van der Waals surface area contributed by atoms with E-state index in [1.54, 1.807) is 6.07 Å². The summed E-state index contributed by atoms with van der Waals surface area (Å²) in [6.45, 7) is 8.37. The molecule has 2 aromatic rings. The van der Waals surface area contributed by atoms with Gasteiger partial charge < -0.3 is 9.47 Å². The first kappa shape index (κ1) is 12.1. The van der Waals surface area contributed by atoms with E-state index in [0.29, 0.717) is 5.39 Å². The normalized spacial score (nSPS) is 11.5. The monoisotopic (exact) mass is 234 g/mol. The highest BCUT2D eigenvalue weighted by atomic mass is 19.1. The maximum absolute atomic E-state index is 13.5. The number of nitrogens with zero attached hydrogens (tertiary/aromatic N) is 2. The van der Waals surface area contributed by atoms with Crippen molar-refractivity contribution in [2.24, 2.45) is 0 Å².